The van der Waals surface area contributed by atoms with Gasteiger partial charge in [-0.05, 0) is 36.4 Å². The Kier molecular flexibility index (Phi) is 5.26. The summed E-state index contributed by atoms with van der Waals surface area (Å²) in [6, 6.07) is 15.0. The number of aromatic nitrogens is 3. The van der Waals surface area contributed by atoms with Crippen molar-refractivity contribution in [2.45, 2.75) is 0 Å². The van der Waals surface area contributed by atoms with Gasteiger partial charge in [0.15, 0.2) is 17.3 Å². The fraction of sp³-hybridized carbons (Fsp3) is 0.0500. The summed E-state index contributed by atoms with van der Waals surface area (Å²) in [4.78, 5) is 14.9. The van der Waals surface area contributed by atoms with E-state index in [0.717, 1.165) is 0 Å². The van der Waals surface area contributed by atoms with Gasteiger partial charge in [-0.1, -0.05) is 11.6 Å². The van der Waals surface area contributed by atoms with Crippen LogP contribution in [0.2, 0.25) is 5.02 Å². The Morgan fingerprint density at radius 2 is 1.77 bits per heavy atom. The average Bonchev–Trinajstić information content (AvgIpc) is 3.15. The van der Waals surface area contributed by atoms with Crippen LogP contribution in [-0.2, 0) is 0 Å². The van der Waals surface area contributed by atoms with E-state index >= 15 is 0 Å². The minimum Gasteiger partial charge on any atom is -0.497 e. The van der Waals surface area contributed by atoms with Crippen molar-refractivity contribution < 1.29 is 9.66 Å². The molecule has 0 amide bonds. The molecule has 10 nitrogen and oxygen atoms in total. The lowest BCUT2D eigenvalue weighted by Crippen LogP contribution is -2.08. The molecule has 11 heteroatoms. The molecule has 2 aromatic heterocycles. The molecular weight excluding hydrogens is 422 g/mol. The second-order valence-corrected chi connectivity index (χ2v) is 6.71. The van der Waals surface area contributed by atoms with Gasteiger partial charge < -0.3 is 15.4 Å². The number of rotatable bonds is 6. The second-order valence-electron chi connectivity index (χ2n) is 6.31. The van der Waals surface area contributed by atoms with E-state index in [0.29, 0.717) is 33.6 Å². The van der Waals surface area contributed by atoms with Gasteiger partial charge in [-0.2, -0.15) is 14.9 Å². The molecular formula is C20H14ClN7O3. The van der Waals surface area contributed by atoms with Crippen molar-refractivity contribution >= 4 is 45.9 Å². The molecule has 4 aromatic rings. The number of nitriles is 1. The van der Waals surface area contributed by atoms with Gasteiger partial charge in [0.05, 0.1) is 18.2 Å². The number of nitro benzene ring substituents is 1. The van der Waals surface area contributed by atoms with Crippen LogP contribution >= 0.6 is 11.6 Å². The Bertz CT molecular complexity index is 1310. The summed E-state index contributed by atoms with van der Waals surface area (Å²) < 4.78 is 6.56. The van der Waals surface area contributed by atoms with Gasteiger partial charge in [0.2, 0.25) is 0 Å². The maximum Gasteiger partial charge on any atom is 0.269 e. The molecule has 0 aliphatic carbocycles. The van der Waals surface area contributed by atoms with Crippen LogP contribution in [-0.4, -0.2) is 26.6 Å². The number of non-ortho nitro benzene ring substituents is 1. The molecule has 0 aliphatic rings. The van der Waals surface area contributed by atoms with Crippen LogP contribution in [0.5, 0.6) is 5.75 Å². The van der Waals surface area contributed by atoms with E-state index < -0.39 is 4.92 Å². The summed E-state index contributed by atoms with van der Waals surface area (Å²) >= 11 is 6.24. The molecule has 0 spiro atoms. The first-order valence-electron chi connectivity index (χ1n) is 8.90. The summed E-state index contributed by atoms with van der Waals surface area (Å²) in [6.07, 6.45) is 1.42. The lowest BCUT2D eigenvalue weighted by atomic mass is 10.2. The van der Waals surface area contributed by atoms with E-state index in [-0.39, 0.29) is 17.1 Å². The summed E-state index contributed by atoms with van der Waals surface area (Å²) in [5.41, 5.74) is 1.68. The zero-order valence-electron chi connectivity index (χ0n) is 16.0. The lowest BCUT2D eigenvalue weighted by molar-refractivity contribution is -0.384. The van der Waals surface area contributed by atoms with Crippen LogP contribution in [0, 0.1) is 21.4 Å². The molecule has 0 saturated heterocycles. The highest BCUT2D eigenvalue weighted by atomic mass is 35.5. The molecule has 4 rings (SSSR count). The zero-order valence-corrected chi connectivity index (χ0v) is 16.8. The fourth-order valence-corrected chi connectivity index (χ4v) is 3.06. The Labute approximate surface area is 180 Å². The topological polar surface area (TPSA) is 130 Å². The van der Waals surface area contributed by atoms with Crippen LogP contribution in [0.25, 0.3) is 5.65 Å². The Morgan fingerprint density at radius 3 is 2.39 bits per heavy atom. The summed E-state index contributed by atoms with van der Waals surface area (Å²) in [5, 5.41) is 31.5. The van der Waals surface area contributed by atoms with E-state index in [1.807, 2.05) is 0 Å². The summed E-state index contributed by atoms with van der Waals surface area (Å²) in [5.74, 6) is 1.27. The number of benzene rings is 2. The molecule has 31 heavy (non-hydrogen) atoms. The monoisotopic (exact) mass is 435 g/mol. The van der Waals surface area contributed by atoms with E-state index in [2.05, 4.69) is 26.8 Å². The Morgan fingerprint density at radius 1 is 1.13 bits per heavy atom. The van der Waals surface area contributed by atoms with Crippen molar-refractivity contribution in [2.75, 3.05) is 17.7 Å². The number of hydrogen-bond donors (Lipinski definition) is 2. The Hall–Kier alpha value is -4.36. The number of anilines is 4. The third-order valence-corrected chi connectivity index (χ3v) is 4.68. The van der Waals surface area contributed by atoms with Gasteiger partial charge >= 0.3 is 0 Å². The van der Waals surface area contributed by atoms with E-state index in [9.17, 15) is 15.4 Å². The first-order chi connectivity index (χ1) is 15.0. The van der Waals surface area contributed by atoms with Gasteiger partial charge in [-0.15, -0.1) is 0 Å². The number of nitrogens with one attached hydrogen (secondary N) is 2. The molecule has 0 atom stereocenters. The predicted molar refractivity (Wildman–Crippen MR) is 115 cm³/mol. The van der Waals surface area contributed by atoms with E-state index in [1.165, 1.54) is 35.0 Å². The highest BCUT2D eigenvalue weighted by molar-refractivity contribution is 6.33. The standard InChI is InChI=1S/C20H14ClN7O3/c1-31-15-8-4-12(5-9-15)24-18-16(10-22)19(27-20(26-18)17(21)11-23-27)25-13-2-6-14(7-3-13)28(29)30/h2-9,11,25H,1H3,(H,24,26). The minimum absolute atomic E-state index is 0.0464. The van der Waals surface area contributed by atoms with E-state index in [1.54, 1.807) is 31.4 Å². The molecule has 0 aliphatic heterocycles. The van der Waals surface area contributed by atoms with E-state index in [4.69, 9.17) is 16.3 Å². The molecule has 0 bridgehead atoms. The SMILES string of the molecule is COc1ccc(Nc2nc3c(Cl)cnn3c(Nc3ccc([N+](=O)[O-])cc3)c2C#N)cc1. The van der Waals surface area contributed by atoms with Crippen molar-refractivity contribution in [2.24, 2.45) is 0 Å². The predicted octanol–water partition coefficient (Wildman–Crippen LogP) is 4.66. The first kappa shape index (κ1) is 19.9. The molecule has 0 radical (unpaired) electrons. The maximum atomic E-state index is 10.9. The fourth-order valence-electron chi connectivity index (χ4n) is 2.89. The normalized spacial score (nSPS) is 10.5. The first-order valence-corrected chi connectivity index (χ1v) is 9.28. The van der Waals surface area contributed by atoms with Crippen molar-refractivity contribution in [3.8, 4) is 11.8 Å². The lowest BCUT2D eigenvalue weighted by Gasteiger charge is -2.14. The minimum atomic E-state index is -0.487. The largest absolute Gasteiger partial charge is 0.497 e. The highest BCUT2D eigenvalue weighted by Crippen LogP contribution is 2.31. The van der Waals surface area contributed by atoms with Crippen LogP contribution < -0.4 is 15.4 Å². The third-order valence-electron chi connectivity index (χ3n) is 4.41. The molecule has 0 unspecified atom stereocenters. The summed E-state index contributed by atoms with van der Waals surface area (Å²) in [7, 11) is 1.57. The van der Waals surface area contributed by atoms with Gasteiger partial charge in [-0.3, -0.25) is 10.1 Å². The zero-order chi connectivity index (χ0) is 22.0. The number of nitrogens with zero attached hydrogens (tertiary/aromatic N) is 5. The Balaban J connectivity index is 1.79. The molecule has 2 N–H and O–H groups in total. The summed E-state index contributed by atoms with van der Waals surface area (Å²) in [6.45, 7) is 0. The maximum absolute atomic E-state index is 10.9. The molecule has 0 saturated carbocycles. The van der Waals surface area contributed by atoms with Gasteiger partial charge in [-0.25, -0.2) is 4.98 Å². The van der Waals surface area contributed by atoms with Crippen LogP contribution in [0.3, 0.4) is 0 Å². The van der Waals surface area contributed by atoms with Gasteiger partial charge in [0, 0.05) is 23.5 Å². The van der Waals surface area contributed by atoms with Crippen molar-refractivity contribution in [1.82, 2.24) is 14.6 Å². The van der Waals surface area contributed by atoms with Crippen LogP contribution in [0.4, 0.5) is 28.7 Å². The van der Waals surface area contributed by atoms with Crippen LogP contribution in [0.1, 0.15) is 5.56 Å². The van der Waals surface area contributed by atoms with Gasteiger partial charge in [0.25, 0.3) is 5.69 Å². The molecule has 154 valence electrons. The van der Waals surface area contributed by atoms with Gasteiger partial charge in [0.1, 0.15) is 22.4 Å². The second kappa shape index (κ2) is 8.17. The highest BCUT2D eigenvalue weighted by Gasteiger charge is 2.19. The number of methoxy groups -OCH3 is 1. The quantitative estimate of drug-likeness (QED) is 0.330. The number of halogens is 1. The molecule has 0 fully saturated rings. The number of ether oxygens (including phenoxy) is 1. The number of fused-ring (bicyclic) bond motifs is 1. The molecule has 2 aromatic carbocycles. The van der Waals surface area contributed by atoms with Crippen molar-refractivity contribution in [1.29, 1.82) is 5.26 Å². The number of nitro groups is 1. The number of hydrogen-bond acceptors (Lipinski definition) is 8. The van der Waals surface area contributed by atoms with Crippen molar-refractivity contribution in [3.05, 3.63) is 75.4 Å². The third kappa shape index (κ3) is 3.90. The average molecular weight is 436 g/mol. The van der Waals surface area contributed by atoms with Crippen molar-refractivity contribution in [3.63, 3.8) is 0 Å². The molecule has 2 heterocycles. The smallest absolute Gasteiger partial charge is 0.269 e. The van der Waals surface area contributed by atoms with Crippen LogP contribution in [0.15, 0.2) is 54.7 Å².